The van der Waals surface area contributed by atoms with Gasteiger partial charge in [0.05, 0.1) is 18.7 Å². The summed E-state index contributed by atoms with van der Waals surface area (Å²) in [4.78, 5) is 11.5. The molecule has 0 aromatic heterocycles. The lowest BCUT2D eigenvalue weighted by atomic mass is 10.0. The van der Waals surface area contributed by atoms with Gasteiger partial charge in [-0.3, -0.25) is 4.79 Å². The van der Waals surface area contributed by atoms with Gasteiger partial charge >= 0.3 is 0 Å². The lowest BCUT2D eigenvalue weighted by Gasteiger charge is -2.09. The molecule has 0 radical (unpaired) electrons. The van der Waals surface area contributed by atoms with Crippen molar-refractivity contribution in [1.82, 2.24) is 0 Å². The molecule has 0 fully saturated rings. The number of hydrogen-bond acceptors (Lipinski definition) is 2. The van der Waals surface area contributed by atoms with Gasteiger partial charge in [-0.05, 0) is 60.9 Å². The number of benzene rings is 2. The lowest BCUT2D eigenvalue weighted by molar-refractivity contribution is -0.116. The molecule has 0 saturated carbocycles. The van der Waals surface area contributed by atoms with E-state index in [2.05, 4.69) is 48.6 Å². The molecular formula is C21H25NO2. The zero-order valence-electron chi connectivity index (χ0n) is 14.3. The smallest absolute Gasteiger partial charge is 0.227 e. The minimum Gasteiger partial charge on any atom is -0.491 e. The van der Waals surface area contributed by atoms with E-state index in [-0.39, 0.29) is 5.91 Å². The molecule has 3 heteroatoms. The van der Waals surface area contributed by atoms with Crippen LogP contribution in [0.15, 0.2) is 42.5 Å². The molecule has 1 aliphatic rings. The van der Waals surface area contributed by atoms with E-state index >= 15 is 0 Å². The maximum absolute atomic E-state index is 11.5. The van der Waals surface area contributed by atoms with Gasteiger partial charge in [0.15, 0.2) is 0 Å². The summed E-state index contributed by atoms with van der Waals surface area (Å²) in [5, 5.41) is 2.88. The zero-order chi connectivity index (χ0) is 16.8. The van der Waals surface area contributed by atoms with Gasteiger partial charge in [-0.15, -0.1) is 0 Å². The molecule has 126 valence electrons. The fourth-order valence-corrected chi connectivity index (χ4v) is 3.01. The Kier molecular flexibility index (Phi) is 5.52. The highest BCUT2D eigenvalue weighted by Gasteiger charge is 2.13. The first-order valence-corrected chi connectivity index (χ1v) is 8.88. The van der Waals surface area contributed by atoms with Crippen molar-refractivity contribution < 1.29 is 9.53 Å². The SMILES string of the molecule is CCc1ccc(CCCCc2ccc3c(c2)OCCC(=O)N3)cc1. The monoisotopic (exact) mass is 323 g/mol. The van der Waals surface area contributed by atoms with Crippen LogP contribution in [0.1, 0.15) is 42.9 Å². The number of ether oxygens (including phenoxy) is 1. The molecule has 3 nitrogen and oxygen atoms in total. The predicted octanol–water partition coefficient (Wildman–Crippen LogP) is 4.54. The van der Waals surface area contributed by atoms with E-state index in [1.165, 1.54) is 23.1 Å². The summed E-state index contributed by atoms with van der Waals surface area (Å²) in [6.07, 6.45) is 6.02. The molecular weight excluding hydrogens is 298 g/mol. The third-order valence-electron chi connectivity index (χ3n) is 4.52. The molecule has 24 heavy (non-hydrogen) atoms. The van der Waals surface area contributed by atoms with Crippen LogP contribution in [0.3, 0.4) is 0 Å². The first-order chi connectivity index (χ1) is 11.7. The van der Waals surface area contributed by atoms with Gasteiger partial charge in [-0.25, -0.2) is 0 Å². The van der Waals surface area contributed by atoms with Crippen LogP contribution in [0.4, 0.5) is 5.69 Å². The average molecular weight is 323 g/mol. The van der Waals surface area contributed by atoms with Crippen molar-refractivity contribution in [2.45, 2.75) is 45.4 Å². The highest BCUT2D eigenvalue weighted by molar-refractivity contribution is 5.93. The summed E-state index contributed by atoms with van der Waals surface area (Å²) in [7, 11) is 0. The van der Waals surface area contributed by atoms with Crippen LogP contribution in [0.5, 0.6) is 5.75 Å². The Morgan fingerprint density at radius 2 is 1.62 bits per heavy atom. The summed E-state index contributed by atoms with van der Waals surface area (Å²) >= 11 is 0. The van der Waals surface area contributed by atoms with Gasteiger partial charge in [-0.2, -0.15) is 0 Å². The van der Waals surface area contributed by atoms with Crippen molar-refractivity contribution in [2.24, 2.45) is 0 Å². The van der Waals surface area contributed by atoms with E-state index in [1.807, 2.05) is 6.07 Å². The summed E-state index contributed by atoms with van der Waals surface area (Å²) in [5.41, 5.74) is 4.87. The molecule has 0 atom stereocenters. The van der Waals surface area contributed by atoms with Gasteiger partial charge in [-0.1, -0.05) is 37.3 Å². The minimum absolute atomic E-state index is 0.0237. The van der Waals surface area contributed by atoms with Crippen LogP contribution in [0.2, 0.25) is 0 Å². The Morgan fingerprint density at radius 3 is 2.38 bits per heavy atom. The molecule has 1 N–H and O–H groups in total. The Bertz CT molecular complexity index is 691. The summed E-state index contributed by atoms with van der Waals surface area (Å²) in [5.74, 6) is 0.823. The number of carbonyl (C=O) groups is 1. The van der Waals surface area contributed by atoms with Crippen LogP contribution in [0.25, 0.3) is 0 Å². The fraction of sp³-hybridized carbons (Fsp3) is 0.381. The first-order valence-electron chi connectivity index (χ1n) is 8.88. The normalized spacial score (nSPS) is 13.6. The number of aryl methyl sites for hydroxylation is 3. The highest BCUT2D eigenvalue weighted by Crippen LogP contribution is 2.28. The number of anilines is 1. The average Bonchev–Trinajstić information content (AvgIpc) is 2.79. The second kappa shape index (κ2) is 8.00. The second-order valence-electron chi connectivity index (χ2n) is 6.35. The predicted molar refractivity (Wildman–Crippen MR) is 97.6 cm³/mol. The Morgan fingerprint density at radius 1 is 0.958 bits per heavy atom. The van der Waals surface area contributed by atoms with E-state index in [0.29, 0.717) is 13.0 Å². The van der Waals surface area contributed by atoms with Crippen molar-refractivity contribution >= 4 is 11.6 Å². The Labute approximate surface area is 144 Å². The van der Waals surface area contributed by atoms with Crippen molar-refractivity contribution in [3.8, 4) is 5.75 Å². The largest absolute Gasteiger partial charge is 0.491 e. The molecule has 2 aromatic carbocycles. The van der Waals surface area contributed by atoms with E-state index in [1.54, 1.807) is 0 Å². The lowest BCUT2D eigenvalue weighted by Crippen LogP contribution is -2.10. The standard InChI is InChI=1S/C21H25NO2/c1-2-16-7-9-17(10-8-16)5-3-4-6-18-11-12-19-20(15-18)24-14-13-21(23)22-19/h7-12,15H,2-6,13-14H2,1H3,(H,22,23). The summed E-state index contributed by atoms with van der Waals surface area (Å²) < 4.78 is 5.67. The molecule has 1 heterocycles. The molecule has 1 aliphatic heterocycles. The van der Waals surface area contributed by atoms with Crippen LogP contribution in [-0.4, -0.2) is 12.5 Å². The van der Waals surface area contributed by atoms with Gasteiger partial charge in [0.25, 0.3) is 0 Å². The van der Waals surface area contributed by atoms with E-state index in [4.69, 9.17) is 4.74 Å². The molecule has 3 rings (SSSR count). The third kappa shape index (κ3) is 4.38. The van der Waals surface area contributed by atoms with Gasteiger partial charge in [0.2, 0.25) is 5.91 Å². The molecule has 0 spiro atoms. The van der Waals surface area contributed by atoms with Gasteiger partial charge in [0.1, 0.15) is 5.75 Å². The highest BCUT2D eigenvalue weighted by atomic mass is 16.5. The number of hydrogen-bond donors (Lipinski definition) is 1. The van der Waals surface area contributed by atoms with Crippen LogP contribution in [-0.2, 0) is 24.1 Å². The van der Waals surface area contributed by atoms with Crippen molar-refractivity contribution in [3.63, 3.8) is 0 Å². The van der Waals surface area contributed by atoms with Crippen LogP contribution < -0.4 is 10.1 Å². The van der Waals surface area contributed by atoms with Crippen LogP contribution in [0, 0.1) is 0 Å². The molecule has 0 aliphatic carbocycles. The van der Waals surface area contributed by atoms with E-state index < -0.39 is 0 Å². The molecule has 2 aromatic rings. The first kappa shape index (κ1) is 16.6. The van der Waals surface area contributed by atoms with Gasteiger partial charge < -0.3 is 10.1 Å². The number of unbranched alkanes of at least 4 members (excludes halogenated alkanes) is 1. The third-order valence-corrected chi connectivity index (χ3v) is 4.52. The maximum Gasteiger partial charge on any atom is 0.227 e. The molecule has 0 saturated heterocycles. The zero-order valence-corrected chi connectivity index (χ0v) is 14.3. The Balaban J connectivity index is 1.49. The fourth-order valence-electron chi connectivity index (χ4n) is 3.01. The van der Waals surface area contributed by atoms with Gasteiger partial charge in [0, 0.05) is 0 Å². The van der Waals surface area contributed by atoms with Crippen molar-refractivity contribution in [3.05, 3.63) is 59.2 Å². The number of nitrogens with one attached hydrogen (secondary N) is 1. The van der Waals surface area contributed by atoms with Crippen LogP contribution >= 0.6 is 0 Å². The number of rotatable bonds is 6. The second-order valence-corrected chi connectivity index (χ2v) is 6.35. The summed E-state index contributed by atoms with van der Waals surface area (Å²) in [6.45, 7) is 2.64. The van der Waals surface area contributed by atoms with E-state index in [0.717, 1.165) is 37.1 Å². The number of amides is 1. The van der Waals surface area contributed by atoms with Crippen molar-refractivity contribution in [1.29, 1.82) is 0 Å². The van der Waals surface area contributed by atoms with Crippen molar-refractivity contribution in [2.75, 3.05) is 11.9 Å². The van der Waals surface area contributed by atoms with E-state index in [9.17, 15) is 4.79 Å². The molecule has 0 unspecified atom stereocenters. The topological polar surface area (TPSA) is 38.3 Å². The Hall–Kier alpha value is -2.29. The maximum atomic E-state index is 11.5. The minimum atomic E-state index is 0.0237. The number of fused-ring (bicyclic) bond motifs is 1. The summed E-state index contributed by atoms with van der Waals surface area (Å²) in [6, 6.07) is 15.1. The molecule has 1 amide bonds. The molecule has 0 bridgehead atoms. The quantitative estimate of drug-likeness (QED) is 0.793. The number of carbonyl (C=O) groups excluding carboxylic acids is 1.